The number of anilines is 1. The average molecular weight is 449 g/mol. The van der Waals surface area contributed by atoms with Crippen molar-refractivity contribution < 1.29 is 13.2 Å². The number of carbonyl (C=O) groups excluding carboxylic acids is 1. The molecule has 1 N–H and O–H groups in total. The molecule has 1 saturated heterocycles. The molecule has 1 aromatic heterocycles. The van der Waals surface area contributed by atoms with Crippen LogP contribution >= 0.6 is 0 Å². The molecule has 0 saturated carbocycles. The largest absolute Gasteiger partial charge is 0.322 e. The standard InChI is InChI=1S/C24H24N4O3S/c29-24-18-3-1-2-17-14-19-21(5-4-20(26-24)23(19)22(17)18)32(30,31)28-12-10-27(11-13-28)15-16-6-8-25-9-7-16/h1-9,17,22H,10-15H2,(H,26,29). The first-order valence-electron chi connectivity index (χ1n) is 11.0. The molecule has 0 bridgehead atoms. The Morgan fingerprint density at radius 3 is 2.62 bits per heavy atom. The van der Waals surface area contributed by atoms with Crippen LogP contribution in [0.15, 0.2) is 65.4 Å². The van der Waals surface area contributed by atoms with Gasteiger partial charge in [0, 0.05) is 62.3 Å². The number of nitrogens with zero attached hydrogens (tertiary/aromatic N) is 3. The number of hydrogen-bond donors (Lipinski definition) is 1. The highest BCUT2D eigenvalue weighted by Gasteiger charge is 2.45. The number of sulfonamides is 1. The topological polar surface area (TPSA) is 82.6 Å². The third-order valence-corrected chi connectivity index (χ3v) is 9.06. The first-order chi connectivity index (χ1) is 15.5. The summed E-state index contributed by atoms with van der Waals surface area (Å²) in [5, 5.41) is 2.95. The molecule has 2 unspecified atom stereocenters. The van der Waals surface area contributed by atoms with Crippen LogP contribution in [0.4, 0.5) is 5.69 Å². The van der Waals surface area contributed by atoms with E-state index in [-0.39, 0.29) is 17.7 Å². The molecule has 6 rings (SSSR count). The molecule has 7 nitrogen and oxygen atoms in total. The first-order valence-corrected chi connectivity index (χ1v) is 12.4. The molecule has 2 aliphatic carbocycles. The zero-order valence-corrected chi connectivity index (χ0v) is 18.4. The van der Waals surface area contributed by atoms with Crippen molar-refractivity contribution >= 4 is 21.6 Å². The van der Waals surface area contributed by atoms with E-state index in [0.717, 1.165) is 28.9 Å². The van der Waals surface area contributed by atoms with Crippen molar-refractivity contribution in [2.24, 2.45) is 5.92 Å². The fourth-order valence-corrected chi connectivity index (χ4v) is 7.19. The highest BCUT2D eigenvalue weighted by atomic mass is 32.2. The van der Waals surface area contributed by atoms with Gasteiger partial charge in [0.05, 0.1) is 4.90 Å². The van der Waals surface area contributed by atoms with E-state index in [9.17, 15) is 13.2 Å². The molecule has 1 aromatic carbocycles. The number of allylic oxidation sites excluding steroid dienone is 3. The number of carbonyl (C=O) groups is 1. The van der Waals surface area contributed by atoms with Crippen LogP contribution in [-0.4, -0.2) is 54.7 Å². The van der Waals surface area contributed by atoms with E-state index in [1.165, 1.54) is 5.56 Å². The Balaban J connectivity index is 1.27. The van der Waals surface area contributed by atoms with E-state index in [0.29, 0.717) is 37.5 Å². The molecule has 4 aliphatic rings. The quantitative estimate of drug-likeness (QED) is 0.776. The van der Waals surface area contributed by atoms with Gasteiger partial charge >= 0.3 is 0 Å². The lowest BCUT2D eigenvalue weighted by Gasteiger charge is -2.34. The molecule has 32 heavy (non-hydrogen) atoms. The lowest BCUT2D eigenvalue weighted by atomic mass is 9.79. The fourth-order valence-electron chi connectivity index (χ4n) is 5.52. The SMILES string of the molecule is O=C1Nc2ccc(S(=O)(=O)N3CCN(Cc4ccncc4)CC3)c3c2C2C1=CC=CC2C3. The van der Waals surface area contributed by atoms with Crippen molar-refractivity contribution in [3.8, 4) is 0 Å². The summed E-state index contributed by atoms with van der Waals surface area (Å²) in [5.74, 6) is 0.0279. The molecule has 2 aliphatic heterocycles. The number of aromatic nitrogens is 1. The lowest BCUT2D eigenvalue weighted by Crippen LogP contribution is -2.48. The number of pyridine rings is 1. The molecule has 2 aromatic rings. The van der Waals surface area contributed by atoms with E-state index in [1.807, 2.05) is 24.3 Å². The number of benzene rings is 1. The molecular formula is C24H24N4O3S. The zero-order valence-electron chi connectivity index (χ0n) is 17.6. The second-order valence-corrected chi connectivity index (χ2v) is 10.8. The third-order valence-electron chi connectivity index (χ3n) is 7.08. The number of hydrogen-bond acceptors (Lipinski definition) is 5. The predicted octanol–water partition coefficient (Wildman–Crippen LogP) is 2.29. The Morgan fingerprint density at radius 1 is 1.06 bits per heavy atom. The van der Waals surface area contributed by atoms with Crippen LogP contribution in [0.5, 0.6) is 0 Å². The highest BCUT2D eigenvalue weighted by molar-refractivity contribution is 7.89. The second-order valence-electron chi connectivity index (χ2n) is 8.85. The van der Waals surface area contributed by atoms with Gasteiger partial charge in [-0.15, -0.1) is 0 Å². The molecule has 0 radical (unpaired) electrons. The van der Waals surface area contributed by atoms with E-state index in [1.54, 1.807) is 28.8 Å². The summed E-state index contributed by atoms with van der Waals surface area (Å²) in [5.41, 5.74) is 4.53. The third kappa shape index (κ3) is 3.05. The van der Waals surface area contributed by atoms with Crippen molar-refractivity contribution in [2.75, 3.05) is 31.5 Å². The fraction of sp³-hybridized carbons (Fsp3) is 0.333. The summed E-state index contributed by atoms with van der Waals surface area (Å²) in [4.78, 5) is 19.2. The van der Waals surface area contributed by atoms with Gasteiger partial charge in [-0.3, -0.25) is 14.7 Å². The van der Waals surface area contributed by atoms with Crippen LogP contribution in [0.2, 0.25) is 0 Å². The van der Waals surface area contributed by atoms with Crippen molar-refractivity contribution in [3.05, 3.63) is 77.2 Å². The molecule has 8 heteroatoms. The molecule has 2 atom stereocenters. The Bertz CT molecular complexity index is 1260. The molecule has 0 spiro atoms. The summed E-state index contributed by atoms with van der Waals surface area (Å²) in [6.07, 6.45) is 10.1. The van der Waals surface area contributed by atoms with Gasteiger partial charge in [0.2, 0.25) is 10.0 Å². The highest BCUT2D eigenvalue weighted by Crippen LogP contribution is 2.52. The molecule has 164 valence electrons. The van der Waals surface area contributed by atoms with E-state index < -0.39 is 10.0 Å². The van der Waals surface area contributed by atoms with E-state index in [4.69, 9.17) is 0 Å². The van der Waals surface area contributed by atoms with Gasteiger partial charge < -0.3 is 5.32 Å². The Kier molecular flexibility index (Phi) is 4.57. The zero-order chi connectivity index (χ0) is 21.9. The van der Waals surface area contributed by atoms with Crippen molar-refractivity contribution in [3.63, 3.8) is 0 Å². The van der Waals surface area contributed by atoms with Gasteiger partial charge in [-0.05, 0) is 53.3 Å². The molecule has 3 heterocycles. The van der Waals surface area contributed by atoms with E-state index >= 15 is 0 Å². The van der Waals surface area contributed by atoms with Crippen LogP contribution < -0.4 is 5.32 Å². The summed E-state index contributed by atoms with van der Waals surface area (Å²) in [7, 11) is -3.61. The molecular weight excluding hydrogens is 424 g/mol. The van der Waals surface area contributed by atoms with Gasteiger partial charge in [-0.25, -0.2) is 8.42 Å². The smallest absolute Gasteiger partial charge is 0.252 e. The van der Waals surface area contributed by atoms with E-state index in [2.05, 4.69) is 21.3 Å². The maximum Gasteiger partial charge on any atom is 0.252 e. The minimum absolute atomic E-state index is 0.0360. The summed E-state index contributed by atoms with van der Waals surface area (Å²) in [6, 6.07) is 7.43. The van der Waals surface area contributed by atoms with Crippen LogP contribution in [0, 0.1) is 5.92 Å². The van der Waals surface area contributed by atoms with Gasteiger partial charge in [0.15, 0.2) is 0 Å². The maximum atomic E-state index is 13.7. The first kappa shape index (κ1) is 19.8. The summed E-state index contributed by atoms with van der Waals surface area (Å²) >= 11 is 0. The van der Waals surface area contributed by atoms with Crippen LogP contribution in [-0.2, 0) is 27.8 Å². The predicted molar refractivity (Wildman–Crippen MR) is 121 cm³/mol. The monoisotopic (exact) mass is 448 g/mol. The van der Waals surface area contributed by atoms with Crippen molar-refractivity contribution in [1.29, 1.82) is 0 Å². The number of rotatable bonds is 4. The van der Waals surface area contributed by atoms with Crippen LogP contribution in [0.25, 0.3) is 0 Å². The normalized spacial score (nSPS) is 24.8. The maximum absolute atomic E-state index is 13.7. The van der Waals surface area contributed by atoms with Crippen molar-refractivity contribution in [2.45, 2.75) is 23.8 Å². The van der Waals surface area contributed by atoms with Crippen LogP contribution in [0.1, 0.15) is 22.6 Å². The Hall–Kier alpha value is -2.81. The van der Waals surface area contributed by atoms with Gasteiger partial charge in [-0.1, -0.05) is 18.2 Å². The number of piperazine rings is 1. The number of nitrogens with one attached hydrogen (secondary N) is 1. The average Bonchev–Trinajstić information content (AvgIpc) is 3.20. The van der Waals surface area contributed by atoms with Crippen LogP contribution in [0.3, 0.4) is 0 Å². The molecule has 1 fully saturated rings. The second kappa shape index (κ2) is 7.37. The van der Waals surface area contributed by atoms with Gasteiger partial charge in [0.25, 0.3) is 5.91 Å². The van der Waals surface area contributed by atoms with Crippen molar-refractivity contribution in [1.82, 2.24) is 14.2 Å². The minimum atomic E-state index is -3.61. The lowest BCUT2D eigenvalue weighted by molar-refractivity contribution is -0.113. The Morgan fingerprint density at radius 2 is 1.84 bits per heavy atom. The van der Waals surface area contributed by atoms with Gasteiger partial charge in [0.1, 0.15) is 0 Å². The number of amides is 1. The van der Waals surface area contributed by atoms with Gasteiger partial charge in [-0.2, -0.15) is 4.31 Å². The minimum Gasteiger partial charge on any atom is -0.322 e. The molecule has 1 amide bonds. The summed E-state index contributed by atoms with van der Waals surface area (Å²) in [6.45, 7) is 3.12. The summed E-state index contributed by atoms with van der Waals surface area (Å²) < 4.78 is 29.0. The Labute approximate surface area is 187 Å².